The third-order valence-corrected chi connectivity index (χ3v) is 3.50. The molecule has 102 valence electrons. The second kappa shape index (κ2) is 5.82. The Morgan fingerprint density at radius 2 is 2.39 bits per heavy atom. The van der Waals surface area contributed by atoms with Crippen molar-refractivity contribution >= 4 is 0 Å². The Hall–Kier alpha value is -0.910. The van der Waals surface area contributed by atoms with E-state index in [-0.39, 0.29) is 12.1 Å². The normalized spacial score (nSPS) is 23.2. The number of aromatic nitrogens is 2. The lowest BCUT2D eigenvalue weighted by Crippen LogP contribution is -2.50. The van der Waals surface area contributed by atoms with Crippen LogP contribution in [0.5, 0.6) is 0 Å². The molecular formula is C13H24N4O. The molecule has 1 fully saturated rings. The van der Waals surface area contributed by atoms with Crippen molar-refractivity contribution in [1.82, 2.24) is 14.7 Å². The summed E-state index contributed by atoms with van der Waals surface area (Å²) in [6.07, 6.45) is 0.956. The van der Waals surface area contributed by atoms with E-state index in [1.807, 2.05) is 11.6 Å². The Balaban J connectivity index is 1.99. The van der Waals surface area contributed by atoms with E-state index in [1.165, 1.54) is 5.69 Å². The first-order chi connectivity index (χ1) is 8.60. The molecule has 5 heteroatoms. The molecular weight excluding hydrogens is 228 g/mol. The van der Waals surface area contributed by atoms with Gasteiger partial charge < -0.3 is 15.4 Å². The van der Waals surface area contributed by atoms with Crippen LogP contribution < -0.4 is 5.73 Å². The topological polar surface area (TPSA) is 56.3 Å². The molecule has 0 radical (unpaired) electrons. The third-order valence-electron chi connectivity index (χ3n) is 3.50. The van der Waals surface area contributed by atoms with E-state index in [4.69, 9.17) is 10.5 Å². The van der Waals surface area contributed by atoms with Crippen LogP contribution in [0.1, 0.15) is 18.3 Å². The van der Waals surface area contributed by atoms with Gasteiger partial charge in [-0.15, -0.1) is 0 Å². The Morgan fingerprint density at radius 3 is 3.06 bits per heavy atom. The van der Waals surface area contributed by atoms with Gasteiger partial charge in [-0.25, -0.2) is 0 Å². The first-order valence-corrected chi connectivity index (χ1v) is 6.69. The van der Waals surface area contributed by atoms with Gasteiger partial charge in [0.2, 0.25) is 0 Å². The average Bonchev–Trinajstić information content (AvgIpc) is 2.69. The lowest BCUT2D eigenvalue weighted by Gasteiger charge is -2.33. The fraction of sp³-hybridized carbons (Fsp3) is 0.769. The van der Waals surface area contributed by atoms with Crippen LogP contribution in [0.3, 0.4) is 0 Å². The second-order valence-corrected chi connectivity index (χ2v) is 5.13. The first-order valence-electron chi connectivity index (χ1n) is 6.69. The molecule has 0 aliphatic carbocycles. The molecule has 2 atom stereocenters. The summed E-state index contributed by atoms with van der Waals surface area (Å²) >= 11 is 0. The van der Waals surface area contributed by atoms with Crippen molar-refractivity contribution in [1.29, 1.82) is 0 Å². The number of morpholine rings is 1. The molecule has 0 bridgehead atoms. The number of likely N-dealkylation sites (N-methyl/N-ethyl adjacent to an activating group) is 1. The van der Waals surface area contributed by atoms with E-state index in [0.717, 1.165) is 38.4 Å². The minimum Gasteiger partial charge on any atom is -0.374 e. The molecule has 1 aromatic heterocycles. The van der Waals surface area contributed by atoms with Crippen LogP contribution in [0.25, 0.3) is 0 Å². The van der Waals surface area contributed by atoms with Crippen LogP contribution in [-0.4, -0.2) is 53.6 Å². The molecule has 18 heavy (non-hydrogen) atoms. The van der Waals surface area contributed by atoms with Gasteiger partial charge in [-0.3, -0.25) is 4.68 Å². The highest BCUT2D eigenvalue weighted by Gasteiger charge is 2.25. The number of nitrogens with zero attached hydrogens (tertiary/aromatic N) is 3. The highest BCUT2D eigenvalue weighted by atomic mass is 16.5. The van der Waals surface area contributed by atoms with E-state index in [9.17, 15) is 0 Å². The molecule has 2 N–H and O–H groups in total. The molecule has 0 amide bonds. The molecule has 0 aromatic carbocycles. The molecule has 0 saturated carbocycles. The van der Waals surface area contributed by atoms with Crippen molar-refractivity contribution in [3.8, 4) is 0 Å². The van der Waals surface area contributed by atoms with Crippen molar-refractivity contribution in [2.45, 2.75) is 39.0 Å². The van der Waals surface area contributed by atoms with Crippen LogP contribution in [-0.2, 0) is 17.7 Å². The third kappa shape index (κ3) is 3.10. The van der Waals surface area contributed by atoms with Crippen LogP contribution in [0.15, 0.2) is 6.07 Å². The Labute approximate surface area is 109 Å². The number of hydrogen-bond acceptors (Lipinski definition) is 4. The maximum Gasteiger partial charge on any atom is 0.0856 e. The zero-order chi connectivity index (χ0) is 13.1. The zero-order valence-electron chi connectivity index (χ0n) is 11.6. The van der Waals surface area contributed by atoms with Crippen LogP contribution in [0, 0.1) is 6.92 Å². The summed E-state index contributed by atoms with van der Waals surface area (Å²) in [6.45, 7) is 7.70. The quantitative estimate of drug-likeness (QED) is 0.843. The fourth-order valence-corrected chi connectivity index (χ4v) is 2.48. The summed E-state index contributed by atoms with van der Waals surface area (Å²) in [6, 6.07) is 2.16. The van der Waals surface area contributed by atoms with Crippen molar-refractivity contribution in [3.05, 3.63) is 17.5 Å². The van der Waals surface area contributed by atoms with Gasteiger partial charge in [0.25, 0.3) is 0 Å². The summed E-state index contributed by atoms with van der Waals surface area (Å²) in [5.41, 5.74) is 8.55. The van der Waals surface area contributed by atoms with Crippen LogP contribution in [0.2, 0.25) is 0 Å². The monoisotopic (exact) mass is 252 g/mol. The van der Waals surface area contributed by atoms with E-state index in [0.29, 0.717) is 0 Å². The van der Waals surface area contributed by atoms with Gasteiger partial charge in [-0.05, 0) is 27.0 Å². The number of hydrogen-bond donors (Lipinski definition) is 1. The van der Waals surface area contributed by atoms with Gasteiger partial charge in [0, 0.05) is 37.8 Å². The predicted octanol–water partition coefficient (Wildman–Crippen LogP) is 0.412. The lowest BCUT2D eigenvalue weighted by atomic mass is 10.0. The number of ether oxygens (including phenoxy) is 1. The molecule has 1 aromatic rings. The summed E-state index contributed by atoms with van der Waals surface area (Å²) in [4.78, 5) is 2.27. The van der Waals surface area contributed by atoms with Crippen LogP contribution in [0.4, 0.5) is 0 Å². The Morgan fingerprint density at radius 1 is 1.61 bits per heavy atom. The molecule has 1 aliphatic rings. The van der Waals surface area contributed by atoms with Crippen molar-refractivity contribution in [2.75, 3.05) is 26.7 Å². The van der Waals surface area contributed by atoms with E-state index in [1.54, 1.807) is 0 Å². The van der Waals surface area contributed by atoms with Crippen LogP contribution >= 0.6 is 0 Å². The number of aryl methyl sites for hydroxylation is 2. The Kier molecular flexibility index (Phi) is 4.37. The van der Waals surface area contributed by atoms with Gasteiger partial charge >= 0.3 is 0 Å². The summed E-state index contributed by atoms with van der Waals surface area (Å²) in [5, 5.41) is 4.45. The largest absolute Gasteiger partial charge is 0.374 e. The molecule has 0 spiro atoms. The summed E-state index contributed by atoms with van der Waals surface area (Å²) < 4.78 is 7.80. The van der Waals surface area contributed by atoms with E-state index >= 15 is 0 Å². The standard InChI is InChI=1S/C13H24N4O/c1-4-17-11(7-10(2)15-17)8-12(14)13-9-16(3)5-6-18-13/h7,12-13H,4-6,8-9,14H2,1-3H3. The van der Waals surface area contributed by atoms with Gasteiger partial charge in [-0.2, -0.15) is 5.10 Å². The molecule has 2 unspecified atom stereocenters. The SMILES string of the molecule is CCn1nc(C)cc1CC(N)C1CN(C)CCO1. The summed E-state index contributed by atoms with van der Waals surface area (Å²) in [5.74, 6) is 0. The molecule has 2 heterocycles. The maximum absolute atomic E-state index is 6.28. The van der Waals surface area contributed by atoms with Gasteiger partial charge in [0.15, 0.2) is 0 Å². The van der Waals surface area contributed by atoms with Gasteiger partial charge in [0.05, 0.1) is 18.4 Å². The minimum atomic E-state index is 0.0362. The smallest absolute Gasteiger partial charge is 0.0856 e. The van der Waals surface area contributed by atoms with Crippen molar-refractivity contribution in [2.24, 2.45) is 5.73 Å². The fourth-order valence-electron chi connectivity index (χ4n) is 2.48. The first kappa shape index (κ1) is 13.5. The molecule has 1 aliphatic heterocycles. The van der Waals surface area contributed by atoms with E-state index < -0.39 is 0 Å². The zero-order valence-corrected chi connectivity index (χ0v) is 11.6. The predicted molar refractivity (Wildman–Crippen MR) is 71.6 cm³/mol. The average molecular weight is 252 g/mol. The number of rotatable bonds is 4. The van der Waals surface area contributed by atoms with Crippen molar-refractivity contribution < 1.29 is 4.74 Å². The lowest BCUT2D eigenvalue weighted by molar-refractivity contribution is -0.0321. The van der Waals surface area contributed by atoms with Crippen molar-refractivity contribution in [3.63, 3.8) is 0 Å². The minimum absolute atomic E-state index is 0.0362. The molecule has 2 rings (SSSR count). The number of nitrogens with two attached hydrogens (primary N) is 1. The molecule has 1 saturated heterocycles. The van der Waals surface area contributed by atoms with Gasteiger partial charge in [0.1, 0.15) is 0 Å². The summed E-state index contributed by atoms with van der Waals surface area (Å²) in [7, 11) is 2.11. The van der Waals surface area contributed by atoms with Gasteiger partial charge in [-0.1, -0.05) is 0 Å². The maximum atomic E-state index is 6.28. The second-order valence-electron chi connectivity index (χ2n) is 5.13. The highest BCUT2D eigenvalue weighted by Crippen LogP contribution is 2.12. The van der Waals surface area contributed by atoms with E-state index in [2.05, 4.69) is 30.0 Å². The molecule has 5 nitrogen and oxygen atoms in total. The highest BCUT2D eigenvalue weighted by molar-refractivity contribution is 5.11. The Bertz CT molecular complexity index is 390.